The van der Waals surface area contributed by atoms with E-state index in [-0.39, 0.29) is 12.1 Å². The summed E-state index contributed by atoms with van der Waals surface area (Å²) in [6.45, 7) is 2.19. The normalized spacial score (nSPS) is 24.3. The molecule has 0 radical (unpaired) electrons. The van der Waals surface area contributed by atoms with Crippen molar-refractivity contribution in [2.24, 2.45) is 5.92 Å². The van der Waals surface area contributed by atoms with Crippen molar-refractivity contribution in [1.29, 1.82) is 0 Å². The first-order valence-electron chi connectivity index (χ1n) is 7.37. The summed E-state index contributed by atoms with van der Waals surface area (Å²) in [5.41, 5.74) is 0.729. The summed E-state index contributed by atoms with van der Waals surface area (Å²) in [5.74, 6) is 0.649. The molecule has 0 amide bonds. The number of benzene rings is 1. The van der Waals surface area contributed by atoms with Gasteiger partial charge < -0.3 is 10.4 Å². The Hall–Kier alpha value is -1.12. The Morgan fingerprint density at radius 3 is 2.37 bits per heavy atom. The van der Waals surface area contributed by atoms with Gasteiger partial charge >= 0.3 is 0 Å². The van der Waals surface area contributed by atoms with Crippen molar-refractivity contribution in [3.05, 3.63) is 48.0 Å². The first-order valence-corrected chi connectivity index (χ1v) is 7.37. The molecule has 2 nitrogen and oxygen atoms in total. The summed E-state index contributed by atoms with van der Waals surface area (Å²) in [4.78, 5) is 0. The second-order valence-electron chi connectivity index (χ2n) is 6.10. The molecule has 0 unspecified atom stereocenters. The molecular formula is C17H23NO. The average Bonchev–Trinajstić information content (AvgIpc) is 3.18. The SMILES string of the molecule is C[C@@H](N[C@H](C1CC1)C1(O)CC=CC1)c1ccccc1. The largest absolute Gasteiger partial charge is 0.388 e. The molecule has 1 aromatic rings. The molecule has 2 N–H and O–H groups in total. The van der Waals surface area contributed by atoms with Crippen LogP contribution in [-0.2, 0) is 0 Å². The average molecular weight is 257 g/mol. The van der Waals surface area contributed by atoms with Crippen LogP contribution in [0.1, 0.15) is 44.2 Å². The van der Waals surface area contributed by atoms with Crippen LogP contribution in [0.15, 0.2) is 42.5 Å². The van der Waals surface area contributed by atoms with Gasteiger partial charge in [-0.1, -0.05) is 42.5 Å². The third-order valence-corrected chi connectivity index (χ3v) is 4.51. The van der Waals surface area contributed by atoms with Crippen LogP contribution in [0.2, 0.25) is 0 Å². The summed E-state index contributed by atoms with van der Waals surface area (Å²) in [6, 6.07) is 11.0. The number of hydrogen-bond acceptors (Lipinski definition) is 2. The number of aliphatic hydroxyl groups is 1. The minimum atomic E-state index is -0.565. The quantitative estimate of drug-likeness (QED) is 0.794. The Bertz CT molecular complexity index is 442. The smallest absolute Gasteiger partial charge is 0.0871 e. The molecule has 1 fully saturated rings. The summed E-state index contributed by atoms with van der Waals surface area (Å²) in [5, 5.41) is 14.5. The standard InChI is InChI=1S/C17H23NO/c1-13(14-7-3-2-4-8-14)18-16(15-9-10-15)17(19)11-5-6-12-17/h2-8,13,15-16,18-19H,9-12H2,1H3/t13-,16-/m1/s1. The molecular weight excluding hydrogens is 234 g/mol. The van der Waals surface area contributed by atoms with E-state index in [1.165, 1.54) is 18.4 Å². The molecule has 2 aliphatic rings. The lowest BCUT2D eigenvalue weighted by molar-refractivity contribution is 0.00191. The summed E-state index contributed by atoms with van der Waals surface area (Å²) in [6.07, 6.45) is 8.32. The van der Waals surface area contributed by atoms with Gasteiger partial charge in [0.1, 0.15) is 0 Å². The molecule has 0 spiro atoms. The number of rotatable bonds is 5. The molecule has 3 rings (SSSR count). The summed E-state index contributed by atoms with van der Waals surface area (Å²) < 4.78 is 0. The predicted molar refractivity (Wildman–Crippen MR) is 77.8 cm³/mol. The van der Waals surface area contributed by atoms with Crippen LogP contribution in [0.3, 0.4) is 0 Å². The maximum Gasteiger partial charge on any atom is 0.0871 e. The molecule has 0 saturated heterocycles. The highest BCUT2D eigenvalue weighted by Crippen LogP contribution is 2.42. The minimum Gasteiger partial charge on any atom is -0.388 e. The van der Waals surface area contributed by atoms with Gasteiger partial charge in [0.05, 0.1) is 5.60 Å². The van der Waals surface area contributed by atoms with Crippen molar-refractivity contribution in [1.82, 2.24) is 5.32 Å². The highest BCUT2D eigenvalue weighted by atomic mass is 16.3. The topological polar surface area (TPSA) is 32.3 Å². The van der Waals surface area contributed by atoms with E-state index in [0.29, 0.717) is 5.92 Å². The van der Waals surface area contributed by atoms with Gasteiger partial charge in [-0.3, -0.25) is 0 Å². The molecule has 1 saturated carbocycles. The molecule has 0 bridgehead atoms. The van der Waals surface area contributed by atoms with Crippen LogP contribution in [0.5, 0.6) is 0 Å². The zero-order valence-corrected chi connectivity index (χ0v) is 11.5. The second kappa shape index (κ2) is 5.10. The van der Waals surface area contributed by atoms with E-state index in [9.17, 15) is 5.11 Å². The predicted octanol–water partition coefficient (Wildman–Crippen LogP) is 3.20. The molecule has 1 aromatic carbocycles. The van der Waals surface area contributed by atoms with E-state index < -0.39 is 5.60 Å². The molecule has 2 heteroatoms. The van der Waals surface area contributed by atoms with Crippen LogP contribution in [-0.4, -0.2) is 16.7 Å². The zero-order chi connectivity index (χ0) is 13.3. The minimum absolute atomic E-state index is 0.220. The lowest BCUT2D eigenvalue weighted by Gasteiger charge is -2.36. The van der Waals surface area contributed by atoms with Crippen LogP contribution in [0.25, 0.3) is 0 Å². The maximum absolute atomic E-state index is 10.8. The molecule has 0 aliphatic heterocycles. The fraction of sp³-hybridized carbons (Fsp3) is 0.529. The van der Waals surface area contributed by atoms with E-state index in [1.54, 1.807) is 0 Å². The van der Waals surface area contributed by atoms with Gasteiger partial charge in [0.25, 0.3) is 0 Å². The van der Waals surface area contributed by atoms with Gasteiger partial charge in [-0.05, 0) is 44.1 Å². The van der Waals surface area contributed by atoms with Gasteiger partial charge in [-0.15, -0.1) is 0 Å². The van der Waals surface area contributed by atoms with E-state index in [4.69, 9.17) is 0 Å². The van der Waals surface area contributed by atoms with Crippen molar-refractivity contribution in [2.45, 2.75) is 50.3 Å². The zero-order valence-electron chi connectivity index (χ0n) is 11.5. The first kappa shape index (κ1) is 12.9. The Balaban J connectivity index is 1.72. The van der Waals surface area contributed by atoms with E-state index >= 15 is 0 Å². The highest BCUT2D eigenvalue weighted by Gasteiger charge is 2.46. The van der Waals surface area contributed by atoms with Gasteiger partial charge in [-0.25, -0.2) is 0 Å². The third-order valence-electron chi connectivity index (χ3n) is 4.51. The Morgan fingerprint density at radius 1 is 1.16 bits per heavy atom. The van der Waals surface area contributed by atoms with Crippen molar-refractivity contribution in [3.63, 3.8) is 0 Å². The third kappa shape index (κ3) is 2.75. The van der Waals surface area contributed by atoms with Crippen LogP contribution in [0, 0.1) is 5.92 Å². The monoisotopic (exact) mass is 257 g/mol. The molecule has 2 aliphatic carbocycles. The Labute approximate surface area is 115 Å². The van der Waals surface area contributed by atoms with Crippen LogP contribution in [0.4, 0.5) is 0 Å². The van der Waals surface area contributed by atoms with Gasteiger partial charge in [-0.2, -0.15) is 0 Å². The molecule has 2 atom stereocenters. The summed E-state index contributed by atoms with van der Waals surface area (Å²) >= 11 is 0. The number of hydrogen-bond donors (Lipinski definition) is 2. The lowest BCUT2D eigenvalue weighted by atomic mass is 9.87. The van der Waals surface area contributed by atoms with Gasteiger partial charge in [0.15, 0.2) is 0 Å². The first-order chi connectivity index (χ1) is 9.19. The molecule has 102 valence electrons. The fourth-order valence-electron chi connectivity index (χ4n) is 3.18. The highest BCUT2D eigenvalue weighted by molar-refractivity contribution is 5.20. The van der Waals surface area contributed by atoms with Crippen molar-refractivity contribution in [2.75, 3.05) is 0 Å². The molecule has 19 heavy (non-hydrogen) atoms. The van der Waals surface area contributed by atoms with Crippen LogP contribution < -0.4 is 5.32 Å². The maximum atomic E-state index is 10.8. The Morgan fingerprint density at radius 2 is 1.79 bits per heavy atom. The second-order valence-corrected chi connectivity index (χ2v) is 6.10. The van der Waals surface area contributed by atoms with E-state index in [0.717, 1.165) is 12.8 Å². The van der Waals surface area contributed by atoms with Crippen molar-refractivity contribution in [3.8, 4) is 0 Å². The van der Waals surface area contributed by atoms with E-state index in [1.807, 2.05) is 6.07 Å². The van der Waals surface area contributed by atoms with Crippen molar-refractivity contribution >= 4 is 0 Å². The Kier molecular flexibility index (Phi) is 3.46. The summed E-state index contributed by atoms with van der Waals surface area (Å²) in [7, 11) is 0. The number of nitrogens with one attached hydrogen (secondary N) is 1. The molecule has 0 heterocycles. The van der Waals surface area contributed by atoms with Gasteiger partial charge in [0, 0.05) is 12.1 Å². The lowest BCUT2D eigenvalue weighted by Crippen LogP contribution is -2.51. The molecule has 0 aromatic heterocycles. The van der Waals surface area contributed by atoms with Gasteiger partial charge in [0.2, 0.25) is 0 Å². The van der Waals surface area contributed by atoms with E-state index in [2.05, 4.69) is 48.7 Å². The van der Waals surface area contributed by atoms with Crippen LogP contribution >= 0.6 is 0 Å². The van der Waals surface area contributed by atoms with Crippen molar-refractivity contribution < 1.29 is 5.11 Å². The fourth-order valence-corrected chi connectivity index (χ4v) is 3.18.